The molecule has 1 aromatic heterocycles. The summed E-state index contributed by atoms with van der Waals surface area (Å²) in [6.45, 7) is 0.981. The minimum atomic E-state index is -3.75. The molecule has 1 saturated heterocycles. The van der Waals surface area contributed by atoms with Gasteiger partial charge in [0.25, 0.3) is 5.91 Å². The number of hydrogen-bond donors (Lipinski definition) is 2. The molecule has 2 heterocycles. The van der Waals surface area contributed by atoms with E-state index in [2.05, 4.69) is 10.6 Å². The number of para-hydroxylation sites is 1. The van der Waals surface area contributed by atoms with Gasteiger partial charge in [0.05, 0.1) is 30.3 Å². The molecule has 196 valence electrons. The van der Waals surface area contributed by atoms with E-state index >= 15 is 0 Å². The molecule has 1 aliphatic heterocycles. The lowest BCUT2D eigenvalue weighted by Gasteiger charge is -2.26. The zero-order valence-corrected chi connectivity index (χ0v) is 21.7. The van der Waals surface area contributed by atoms with E-state index in [1.165, 1.54) is 22.5 Å². The molecule has 2 N–H and O–H groups in total. The summed E-state index contributed by atoms with van der Waals surface area (Å²) in [5.41, 5.74) is 1.54. The van der Waals surface area contributed by atoms with E-state index in [9.17, 15) is 18.0 Å². The smallest absolute Gasteiger partial charge is 0.293 e. The maximum atomic E-state index is 13.1. The van der Waals surface area contributed by atoms with Gasteiger partial charge in [0, 0.05) is 34.7 Å². The van der Waals surface area contributed by atoms with Crippen LogP contribution < -0.4 is 10.6 Å². The molecule has 1 fully saturated rings. The zero-order chi connectivity index (χ0) is 26.7. The highest BCUT2D eigenvalue weighted by molar-refractivity contribution is 7.89. The lowest BCUT2D eigenvalue weighted by Crippen LogP contribution is -2.40. The first kappa shape index (κ1) is 25.9. The molecule has 0 bridgehead atoms. The summed E-state index contributed by atoms with van der Waals surface area (Å²) in [6, 6.07) is 19.7. The van der Waals surface area contributed by atoms with Crippen LogP contribution >= 0.6 is 11.6 Å². The van der Waals surface area contributed by atoms with Gasteiger partial charge in [0.2, 0.25) is 15.8 Å². The molecule has 0 spiro atoms. The number of ether oxygens (including phenoxy) is 1. The van der Waals surface area contributed by atoms with Gasteiger partial charge < -0.3 is 19.8 Å². The van der Waals surface area contributed by atoms with E-state index in [1.807, 2.05) is 0 Å². The van der Waals surface area contributed by atoms with Crippen LogP contribution in [0.25, 0.3) is 11.0 Å². The first-order chi connectivity index (χ1) is 18.3. The van der Waals surface area contributed by atoms with E-state index in [0.717, 1.165) is 0 Å². The van der Waals surface area contributed by atoms with Crippen LogP contribution in [0.4, 0.5) is 11.4 Å². The Morgan fingerprint density at radius 2 is 1.71 bits per heavy atom. The van der Waals surface area contributed by atoms with E-state index < -0.39 is 15.9 Å². The van der Waals surface area contributed by atoms with Crippen molar-refractivity contribution in [2.75, 3.05) is 43.5 Å². The maximum absolute atomic E-state index is 13.1. The van der Waals surface area contributed by atoms with Gasteiger partial charge >= 0.3 is 0 Å². The Kier molecular flexibility index (Phi) is 7.48. The van der Waals surface area contributed by atoms with Gasteiger partial charge in [-0.05, 0) is 42.5 Å². The number of benzene rings is 3. The summed E-state index contributed by atoms with van der Waals surface area (Å²) in [5.74, 6) is -0.866. The predicted molar refractivity (Wildman–Crippen MR) is 144 cm³/mol. The number of fused-ring (bicyclic) bond motifs is 1. The van der Waals surface area contributed by atoms with Gasteiger partial charge in [-0.15, -0.1) is 0 Å². The first-order valence-electron chi connectivity index (χ1n) is 11.9. The van der Waals surface area contributed by atoms with Crippen molar-refractivity contribution in [3.8, 4) is 0 Å². The van der Waals surface area contributed by atoms with Crippen molar-refractivity contribution >= 4 is 55.7 Å². The van der Waals surface area contributed by atoms with Gasteiger partial charge in [-0.3, -0.25) is 9.59 Å². The maximum Gasteiger partial charge on any atom is 0.293 e. The third-order valence-corrected chi connectivity index (χ3v) is 8.20. The molecule has 1 aliphatic rings. The van der Waals surface area contributed by atoms with Gasteiger partial charge in [-0.1, -0.05) is 41.9 Å². The highest BCUT2D eigenvalue weighted by atomic mass is 35.5. The first-order valence-corrected chi connectivity index (χ1v) is 13.7. The number of rotatable bonds is 8. The topological polar surface area (TPSA) is 118 Å². The average Bonchev–Trinajstić information content (AvgIpc) is 3.31. The number of carbonyl (C=O) groups excluding carboxylic acids is 2. The fourth-order valence-electron chi connectivity index (χ4n) is 4.17. The molecule has 0 radical (unpaired) electrons. The molecule has 1 amide bonds. The minimum Gasteiger partial charge on any atom is -0.449 e. The van der Waals surface area contributed by atoms with E-state index in [0.29, 0.717) is 40.6 Å². The number of nitrogens with one attached hydrogen (secondary N) is 2. The van der Waals surface area contributed by atoms with E-state index in [1.54, 1.807) is 54.6 Å². The van der Waals surface area contributed by atoms with Crippen LogP contribution in [0.1, 0.15) is 20.9 Å². The minimum absolute atomic E-state index is 0.00243. The number of nitrogens with zero attached hydrogens (tertiary/aromatic N) is 1. The molecular weight excluding hydrogens is 530 g/mol. The van der Waals surface area contributed by atoms with E-state index in [4.69, 9.17) is 20.8 Å². The Labute approximate surface area is 224 Å². The highest BCUT2D eigenvalue weighted by Gasteiger charge is 2.27. The van der Waals surface area contributed by atoms with Gasteiger partial charge in [-0.25, -0.2) is 8.42 Å². The van der Waals surface area contributed by atoms with Crippen LogP contribution in [-0.4, -0.2) is 57.3 Å². The zero-order valence-electron chi connectivity index (χ0n) is 20.1. The Morgan fingerprint density at radius 1 is 0.947 bits per heavy atom. The SMILES string of the molecule is O=C(CNc1c(C(=O)Nc2cccc(Cl)c2)oc2ccccc12)c1cccc(S(=O)(=O)N2CCOCC2)c1. The summed E-state index contributed by atoms with van der Waals surface area (Å²) < 4.78 is 38.5. The summed E-state index contributed by atoms with van der Waals surface area (Å²) in [4.78, 5) is 26.2. The lowest BCUT2D eigenvalue weighted by molar-refractivity contribution is 0.0730. The summed E-state index contributed by atoms with van der Waals surface area (Å²) in [5, 5.41) is 6.87. The largest absolute Gasteiger partial charge is 0.449 e. The standard InChI is InChI=1S/C27H24ClN3O6S/c28-19-6-4-7-20(16-19)30-27(33)26-25(22-9-1-2-10-24(22)37-26)29-17-23(32)18-5-3-8-21(15-18)38(34,35)31-11-13-36-14-12-31/h1-10,15-16,29H,11-14,17H2,(H,30,33). The van der Waals surface area contributed by atoms with Gasteiger partial charge in [-0.2, -0.15) is 4.31 Å². The second-order valence-corrected chi connectivity index (χ2v) is 11.0. The van der Waals surface area contributed by atoms with Crippen molar-refractivity contribution in [2.24, 2.45) is 0 Å². The molecule has 4 aromatic rings. The van der Waals surface area contributed by atoms with Crippen molar-refractivity contribution in [3.63, 3.8) is 0 Å². The Balaban J connectivity index is 1.37. The van der Waals surface area contributed by atoms with Crippen molar-refractivity contribution in [1.82, 2.24) is 4.31 Å². The van der Waals surface area contributed by atoms with Crippen LogP contribution in [0.3, 0.4) is 0 Å². The van der Waals surface area contributed by atoms with Gasteiger partial charge in [0.15, 0.2) is 5.78 Å². The number of sulfonamides is 1. The fourth-order valence-corrected chi connectivity index (χ4v) is 5.82. The molecule has 0 atom stereocenters. The second kappa shape index (κ2) is 11.0. The Hall–Kier alpha value is -3.70. The molecular formula is C27H24ClN3O6S. The third-order valence-electron chi connectivity index (χ3n) is 6.07. The van der Waals surface area contributed by atoms with Crippen LogP contribution in [0.5, 0.6) is 0 Å². The van der Waals surface area contributed by atoms with E-state index in [-0.39, 0.29) is 41.6 Å². The van der Waals surface area contributed by atoms with Crippen molar-refractivity contribution in [2.45, 2.75) is 4.90 Å². The number of anilines is 2. The highest BCUT2D eigenvalue weighted by Crippen LogP contribution is 2.32. The quantitative estimate of drug-likeness (QED) is 0.305. The predicted octanol–water partition coefficient (Wildman–Crippen LogP) is 4.65. The summed E-state index contributed by atoms with van der Waals surface area (Å²) >= 11 is 6.03. The fraction of sp³-hybridized carbons (Fsp3) is 0.185. The lowest BCUT2D eigenvalue weighted by atomic mass is 10.1. The molecule has 0 aliphatic carbocycles. The number of amides is 1. The molecule has 0 saturated carbocycles. The molecule has 38 heavy (non-hydrogen) atoms. The van der Waals surface area contributed by atoms with Gasteiger partial charge in [0.1, 0.15) is 5.58 Å². The average molecular weight is 554 g/mol. The number of hydrogen-bond acceptors (Lipinski definition) is 7. The normalized spacial score (nSPS) is 14.3. The monoisotopic (exact) mass is 553 g/mol. The number of Topliss-reactive ketones (excluding diaryl/α,β-unsaturated/α-hetero) is 1. The van der Waals surface area contributed by atoms with Crippen LogP contribution in [0.2, 0.25) is 5.02 Å². The molecule has 5 rings (SSSR count). The van der Waals surface area contributed by atoms with Crippen LogP contribution in [0.15, 0.2) is 82.1 Å². The van der Waals surface area contributed by atoms with Crippen molar-refractivity contribution < 1.29 is 27.2 Å². The Bertz CT molecular complexity index is 1610. The third kappa shape index (κ3) is 5.44. The number of halogens is 1. The van der Waals surface area contributed by atoms with Crippen LogP contribution in [0, 0.1) is 0 Å². The second-order valence-electron chi connectivity index (χ2n) is 8.59. The molecule has 9 nitrogen and oxygen atoms in total. The van der Waals surface area contributed by atoms with Crippen LogP contribution in [-0.2, 0) is 14.8 Å². The summed E-state index contributed by atoms with van der Waals surface area (Å²) in [7, 11) is -3.75. The number of morpholine rings is 1. The number of furan rings is 1. The summed E-state index contributed by atoms with van der Waals surface area (Å²) in [6.07, 6.45) is 0. The molecule has 11 heteroatoms. The molecule has 0 unspecified atom stereocenters. The Morgan fingerprint density at radius 3 is 2.50 bits per heavy atom. The van der Waals surface area contributed by atoms with Crippen molar-refractivity contribution in [3.05, 3.63) is 89.1 Å². The number of carbonyl (C=O) groups is 2. The number of ketones is 1. The molecule has 3 aromatic carbocycles. The van der Waals surface area contributed by atoms with Crippen molar-refractivity contribution in [1.29, 1.82) is 0 Å².